The monoisotopic (exact) mass is 410 g/mol. The molecule has 1 aliphatic rings. The van der Waals surface area contributed by atoms with Crippen molar-refractivity contribution < 1.29 is 9.59 Å². The van der Waals surface area contributed by atoms with Gasteiger partial charge in [0.1, 0.15) is 6.04 Å². The van der Waals surface area contributed by atoms with Crippen LogP contribution < -0.4 is 16.0 Å². The van der Waals surface area contributed by atoms with Crippen molar-refractivity contribution in [3.8, 4) is 0 Å². The summed E-state index contributed by atoms with van der Waals surface area (Å²) in [7, 11) is 1.93. The predicted molar refractivity (Wildman–Crippen MR) is 116 cm³/mol. The first-order chi connectivity index (χ1) is 12.9. The average molecular weight is 411 g/mol. The summed E-state index contributed by atoms with van der Waals surface area (Å²) < 4.78 is 0. The Balaban J connectivity index is 0.00000392. The Morgan fingerprint density at radius 2 is 1.89 bits per heavy atom. The van der Waals surface area contributed by atoms with Crippen LogP contribution in [0, 0.1) is 12.8 Å². The summed E-state index contributed by atoms with van der Waals surface area (Å²) in [5.41, 5.74) is 2.22. The van der Waals surface area contributed by atoms with E-state index in [9.17, 15) is 9.59 Å². The number of likely N-dealkylation sites (N-methyl/N-ethyl adjacent to an activating group) is 1. The van der Waals surface area contributed by atoms with Crippen LogP contribution in [0.25, 0.3) is 0 Å². The molecule has 1 fully saturated rings. The van der Waals surface area contributed by atoms with E-state index < -0.39 is 6.04 Å². The maximum atomic E-state index is 13.0. The minimum atomic E-state index is -0.487. The Labute approximate surface area is 175 Å². The number of aryl methyl sites for hydroxylation is 1. The van der Waals surface area contributed by atoms with Crippen LogP contribution in [0.4, 0.5) is 4.79 Å². The number of carbonyl (C=O) groups excluding carboxylic acids is 2. The fourth-order valence-electron chi connectivity index (χ4n) is 3.42. The highest BCUT2D eigenvalue weighted by molar-refractivity contribution is 5.87. The number of nitrogens with one attached hydrogen (secondary N) is 3. The van der Waals surface area contributed by atoms with Gasteiger partial charge in [0.05, 0.1) is 0 Å². The van der Waals surface area contributed by atoms with Crippen molar-refractivity contribution in [2.45, 2.75) is 58.7 Å². The second-order valence-corrected chi connectivity index (χ2v) is 7.91. The number of halogens is 1. The Morgan fingerprint density at radius 3 is 2.50 bits per heavy atom. The molecule has 3 amide bonds. The molecular weight excluding hydrogens is 376 g/mol. The zero-order valence-corrected chi connectivity index (χ0v) is 18.3. The van der Waals surface area contributed by atoms with Gasteiger partial charge in [-0.1, -0.05) is 43.7 Å². The molecule has 0 spiro atoms. The molecule has 1 heterocycles. The number of nitrogens with zero attached hydrogens (tertiary/aromatic N) is 1. The molecule has 0 aromatic heterocycles. The maximum absolute atomic E-state index is 13.0. The highest BCUT2D eigenvalue weighted by Crippen LogP contribution is 2.14. The molecule has 0 radical (unpaired) electrons. The van der Waals surface area contributed by atoms with Crippen LogP contribution in [0.2, 0.25) is 0 Å². The molecule has 158 valence electrons. The van der Waals surface area contributed by atoms with E-state index in [0.29, 0.717) is 31.5 Å². The second kappa shape index (κ2) is 11.9. The molecule has 0 aliphatic carbocycles. The highest BCUT2D eigenvalue weighted by Gasteiger charge is 2.29. The summed E-state index contributed by atoms with van der Waals surface area (Å²) in [6, 6.07) is 7.59. The van der Waals surface area contributed by atoms with Gasteiger partial charge in [0.25, 0.3) is 0 Å². The van der Waals surface area contributed by atoms with Crippen LogP contribution in [0.1, 0.15) is 44.2 Å². The molecule has 2 atom stereocenters. The number of likely N-dealkylation sites (tertiary alicyclic amines) is 1. The van der Waals surface area contributed by atoms with Gasteiger partial charge in [-0.25, -0.2) is 4.79 Å². The molecule has 1 aliphatic heterocycles. The van der Waals surface area contributed by atoms with Gasteiger partial charge in [-0.05, 0) is 44.7 Å². The average Bonchev–Trinajstić information content (AvgIpc) is 2.66. The Kier molecular flexibility index (Phi) is 10.3. The number of urea groups is 1. The predicted octanol–water partition coefficient (Wildman–Crippen LogP) is 2.84. The van der Waals surface area contributed by atoms with E-state index in [1.54, 1.807) is 0 Å². The molecule has 3 N–H and O–H groups in total. The van der Waals surface area contributed by atoms with Gasteiger partial charge in [-0.15, -0.1) is 12.4 Å². The Hall–Kier alpha value is -1.79. The van der Waals surface area contributed by atoms with E-state index in [4.69, 9.17) is 0 Å². The van der Waals surface area contributed by atoms with Crippen LogP contribution in [0.3, 0.4) is 0 Å². The minimum absolute atomic E-state index is 0. The van der Waals surface area contributed by atoms with Crippen LogP contribution >= 0.6 is 12.4 Å². The number of carbonyl (C=O) groups is 2. The second-order valence-electron chi connectivity index (χ2n) is 7.91. The molecule has 2 unspecified atom stereocenters. The lowest BCUT2D eigenvalue weighted by Crippen LogP contribution is -2.55. The van der Waals surface area contributed by atoms with Crippen molar-refractivity contribution in [2.75, 3.05) is 20.1 Å². The van der Waals surface area contributed by atoms with Crippen molar-refractivity contribution in [3.05, 3.63) is 35.4 Å². The fraction of sp³-hybridized carbons (Fsp3) is 0.619. The standard InChI is InChI=1S/C21H34N4O2.ClH/c1-15(2)12-19(20(26)25-11-5-6-18(14-25)22-4)24-21(27)23-13-17-9-7-16(3)8-10-17;/h7-10,15,18-19,22H,5-6,11-14H2,1-4H3,(H2,23,24,27);1H. The number of benzene rings is 1. The van der Waals surface area contributed by atoms with E-state index in [1.165, 1.54) is 5.56 Å². The topological polar surface area (TPSA) is 73.5 Å². The number of rotatable bonds is 7. The van der Waals surface area contributed by atoms with Crippen molar-refractivity contribution in [3.63, 3.8) is 0 Å². The van der Waals surface area contributed by atoms with E-state index in [0.717, 1.165) is 24.9 Å². The van der Waals surface area contributed by atoms with Gasteiger partial charge in [-0.3, -0.25) is 4.79 Å². The van der Waals surface area contributed by atoms with Crippen molar-refractivity contribution in [1.29, 1.82) is 0 Å². The highest BCUT2D eigenvalue weighted by atomic mass is 35.5. The van der Waals surface area contributed by atoms with Crippen molar-refractivity contribution in [2.24, 2.45) is 5.92 Å². The summed E-state index contributed by atoms with van der Waals surface area (Å²) in [5.74, 6) is 0.343. The summed E-state index contributed by atoms with van der Waals surface area (Å²) in [6.07, 6.45) is 2.71. The largest absolute Gasteiger partial charge is 0.339 e. The van der Waals surface area contributed by atoms with E-state index in [1.807, 2.05) is 43.1 Å². The fourth-order valence-corrected chi connectivity index (χ4v) is 3.42. The lowest BCUT2D eigenvalue weighted by molar-refractivity contribution is -0.135. The van der Waals surface area contributed by atoms with Gasteiger partial charge < -0.3 is 20.9 Å². The molecule has 1 saturated heterocycles. The van der Waals surface area contributed by atoms with Gasteiger partial charge in [0, 0.05) is 25.7 Å². The SMILES string of the molecule is CNC1CCCN(C(=O)C(CC(C)C)NC(=O)NCc2ccc(C)cc2)C1.Cl. The third-order valence-electron chi connectivity index (χ3n) is 5.03. The summed E-state index contributed by atoms with van der Waals surface area (Å²) in [6.45, 7) is 8.08. The van der Waals surface area contributed by atoms with E-state index in [-0.39, 0.29) is 24.3 Å². The molecule has 1 aromatic rings. The quantitative estimate of drug-likeness (QED) is 0.647. The zero-order chi connectivity index (χ0) is 19.8. The summed E-state index contributed by atoms with van der Waals surface area (Å²) in [5, 5.41) is 9.02. The summed E-state index contributed by atoms with van der Waals surface area (Å²) in [4.78, 5) is 27.3. The zero-order valence-electron chi connectivity index (χ0n) is 17.5. The van der Waals surface area contributed by atoms with E-state index >= 15 is 0 Å². The maximum Gasteiger partial charge on any atom is 0.315 e. The molecule has 6 nitrogen and oxygen atoms in total. The first-order valence-electron chi connectivity index (χ1n) is 9.95. The lowest BCUT2D eigenvalue weighted by Gasteiger charge is -2.35. The first-order valence-corrected chi connectivity index (χ1v) is 9.95. The number of amides is 3. The Bertz CT molecular complexity index is 621. The normalized spacial score (nSPS) is 17.6. The third kappa shape index (κ3) is 7.68. The first kappa shape index (κ1) is 24.2. The number of hydrogen-bond acceptors (Lipinski definition) is 3. The number of hydrogen-bond donors (Lipinski definition) is 3. The smallest absolute Gasteiger partial charge is 0.315 e. The molecule has 28 heavy (non-hydrogen) atoms. The number of piperidine rings is 1. The Morgan fingerprint density at radius 1 is 1.21 bits per heavy atom. The van der Waals surface area contributed by atoms with E-state index in [2.05, 4.69) is 29.8 Å². The van der Waals surface area contributed by atoms with Crippen LogP contribution in [-0.4, -0.2) is 49.1 Å². The minimum Gasteiger partial charge on any atom is -0.339 e. The van der Waals surface area contributed by atoms with Crippen LogP contribution in [0.15, 0.2) is 24.3 Å². The van der Waals surface area contributed by atoms with Crippen molar-refractivity contribution >= 4 is 24.3 Å². The van der Waals surface area contributed by atoms with Crippen LogP contribution in [-0.2, 0) is 11.3 Å². The van der Waals surface area contributed by atoms with Crippen LogP contribution in [0.5, 0.6) is 0 Å². The van der Waals surface area contributed by atoms with Crippen molar-refractivity contribution in [1.82, 2.24) is 20.9 Å². The molecule has 0 saturated carbocycles. The van der Waals surface area contributed by atoms with Gasteiger partial charge in [0.2, 0.25) is 5.91 Å². The molecular formula is C21H35ClN4O2. The molecule has 7 heteroatoms. The van der Waals surface area contributed by atoms with Gasteiger partial charge >= 0.3 is 6.03 Å². The van der Waals surface area contributed by atoms with Gasteiger partial charge in [-0.2, -0.15) is 0 Å². The molecule has 0 bridgehead atoms. The molecule has 2 rings (SSSR count). The lowest BCUT2D eigenvalue weighted by atomic mass is 10.00. The molecule has 1 aromatic carbocycles. The van der Waals surface area contributed by atoms with Gasteiger partial charge in [0.15, 0.2) is 0 Å². The third-order valence-corrected chi connectivity index (χ3v) is 5.03. The summed E-state index contributed by atoms with van der Waals surface area (Å²) >= 11 is 0.